The van der Waals surface area contributed by atoms with E-state index in [1.807, 2.05) is 54.1 Å². The van der Waals surface area contributed by atoms with E-state index in [0.717, 1.165) is 16.9 Å². The highest BCUT2D eigenvalue weighted by molar-refractivity contribution is 7.07. The number of thiophene rings is 1. The minimum absolute atomic E-state index is 0.160. The normalized spacial score (nSPS) is 12.1. The Morgan fingerprint density at radius 2 is 2.13 bits per heavy atom. The predicted octanol–water partition coefficient (Wildman–Crippen LogP) is 2.71. The van der Waals surface area contributed by atoms with Gasteiger partial charge in [0.25, 0.3) is 5.91 Å². The SMILES string of the molecule is Cc1cc(C(=O)NCC(O)c2ccsc2)nn1-c1ccccc1. The van der Waals surface area contributed by atoms with Crippen molar-refractivity contribution in [3.05, 3.63) is 70.2 Å². The fraction of sp³-hybridized carbons (Fsp3) is 0.176. The van der Waals surface area contributed by atoms with Crippen molar-refractivity contribution in [1.82, 2.24) is 15.1 Å². The quantitative estimate of drug-likeness (QED) is 0.757. The summed E-state index contributed by atoms with van der Waals surface area (Å²) in [5, 5.41) is 20.8. The van der Waals surface area contributed by atoms with Crippen molar-refractivity contribution in [2.75, 3.05) is 6.54 Å². The smallest absolute Gasteiger partial charge is 0.271 e. The number of nitrogens with one attached hydrogen (secondary N) is 1. The maximum Gasteiger partial charge on any atom is 0.271 e. The van der Waals surface area contributed by atoms with Crippen molar-refractivity contribution < 1.29 is 9.90 Å². The lowest BCUT2D eigenvalue weighted by Crippen LogP contribution is -2.28. The first-order valence-electron chi connectivity index (χ1n) is 7.25. The maximum atomic E-state index is 12.2. The molecule has 0 fully saturated rings. The van der Waals surface area contributed by atoms with Gasteiger partial charge in [0.1, 0.15) is 0 Å². The summed E-state index contributed by atoms with van der Waals surface area (Å²) in [4.78, 5) is 12.2. The highest BCUT2D eigenvalue weighted by atomic mass is 32.1. The van der Waals surface area contributed by atoms with Crippen LogP contribution in [0.4, 0.5) is 0 Å². The zero-order valence-corrected chi connectivity index (χ0v) is 13.5. The van der Waals surface area contributed by atoms with Crippen LogP contribution < -0.4 is 5.32 Å². The Labute approximate surface area is 138 Å². The van der Waals surface area contributed by atoms with Gasteiger partial charge in [-0.15, -0.1) is 0 Å². The third kappa shape index (κ3) is 3.49. The van der Waals surface area contributed by atoms with Crippen molar-refractivity contribution in [2.45, 2.75) is 13.0 Å². The van der Waals surface area contributed by atoms with E-state index in [-0.39, 0.29) is 12.5 Å². The molecule has 0 bridgehead atoms. The largest absolute Gasteiger partial charge is 0.387 e. The average Bonchev–Trinajstić information content (AvgIpc) is 3.23. The van der Waals surface area contributed by atoms with E-state index < -0.39 is 6.10 Å². The monoisotopic (exact) mass is 327 g/mol. The molecule has 0 aliphatic rings. The predicted molar refractivity (Wildman–Crippen MR) is 89.9 cm³/mol. The maximum absolute atomic E-state index is 12.2. The van der Waals surface area contributed by atoms with Crippen LogP contribution in [0.5, 0.6) is 0 Å². The fourth-order valence-corrected chi connectivity index (χ4v) is 2.99. The number of aliphatic hydroxyl groups excluding tert-OH is 1. The van der Waals surface area contributed by atoms with Gasteiger partial charge in [-0.2, -0.15) is 16.4 Å². The number of benzene rings is 1. The molecule has 6 heteroatoms. The summed E-state index contributed by atoms with van der Waals surface area (Å²) in [5.74, 6) is -0.294. The second kappa shape index (κ2) is 6.76. The topological polar surface area (TPSA) is 67.2 Å². The van der Waals surface area contributed by atoms with Gasteiger partial charge < -0.3 is 10.4 Å². The lowest BCUT2D eigenvalue weighted by atomic mass is 10.2. The zero-order chi connectivity index (χ0) is 16.2. The standard InChI is InChI=1S/C17H17N3O2S/c1-12-9-15(19-20(12)14-5-3-2-4-6-14)17(22)18-10-16(21)13-7-8-23-11-13/h2-9,11,16,21H,10H2,1H3,(H,18,22). The molecule has 0 spiro atoms. The summed E-state index contributed by atoms with van der Waals surface area (Å²) in [6, 6.07) is 13.2. The lowest BCUT2D eigenvalue weighted by molar-refractivity contribution is 0.0911. The molecule has 0 aliphatic heterocycles. The van der Waals surface area contributed by atoms with Crippen LogP contribution in [0.15, 0.2) is 53.2 Å². The molecule has 0 saturated heterocycles. The number of aliphatic hydroxyl groups is 1. The first-order chi connectivity index (χ1) is 11.1. The van der Waals surface area contributed by atoms with E-state index in [1.165, 1.54) is 11.3 Å². The molecule has 23 heavy (non-hydrogen) atoms. The number of hydrogen-bond acceptors (Lipinski definition) is 4. The summed E-state index contributed by atoms with van der Waals surface area (Å²) in [6.45, 7) is 2.06. The van der Waals surface area contributed by atoms with Gasteiger partial charge in [-0.05, 0) is 47.5 Å². The number of para-hydroxylation sites is 1. The zero-order valence-electron chi connectivity index (χ0n) is 12.6. The molecule has 1 amide bonds. The van der Waals surface area contributed by atoms with Crippen LogP contribution in [0.25, 0.3) is 5.69 Å². The third-order valence-corrected chi connectivity index (χ3v) is 4.21. The molecular weight excluding hydrogens is 310 g/mol. The van der Waals surface area contributed by atoms with Crippen LogP contribution in [0, 0.1) is 6.92 Å². The molecule has 118 valence electrons. The Bertz CT molecular complexity index is 782. The second-order valence-electron chi connectivity index (χ2n) is 5.20. The van der Waals surface area contributed by atoms with Crippen molar-refractivity contribution in [2.24, 2.45) is 0 Å². The number of rotatable bonds is 5. The number of aryl methyl sites for hydroxylation is 1. The molecule has 1 aromatic carbocycles. The van der Waals surface area contributed by atoms with Crippen LogP contribution in [0.2, 0.25) is 0 Å². The molecule has 3 rings (SSSR count). The minimum atomic E-state index is -0.706. The second-order valence-corrected chi connectivity index (χ2v) is 5.98. The van der Waals surface area contributed by atoms with Crippen molar-refractivity contribution in [1.29, 1.82) is 0 Å². The lowest BCUT2D eigenvalue weighted by Gasteiger charge is -2.09. The van der Waals surface area contributed by atoms with Gasteiger partial charge in [0.2, 0.25) is 0 Å². The highest BCUT2D eigenvalue weighted by Crippen LogP contribution is 2.16. The van der Waals surface area contributed by atoms with Crippen LogP contribution in [0.1, 0.15) is 27.8 Å². The van der Waals surface area contributed by atoms with Gasteiger partial charge in [0, 0.05) is 12.2 Å². The minimum Gasteiger partial charge on any atom is -0.387 e. The number of hydrogen-bond donors (Lipinski definition) is 2. The molecular formula is C17H17N3O2S. The Balaban J connectivity index is 1.69. The van der Waals surface area contributed by atoms with Crippen molar-refractivity contribution in [3.63, 3.8) is 0 Å². The summed E-state index contributed by atoms with van der Waals surface area (Å²) >= 11 is 1.51. The number of carbonyl (C=O) groups is 1. The van der Waals surface area contributed by atoms with E-state index in [2.05, 4.69) is 10.4 Å². The Hall–Kier alpha value is -2.44. The fourth-order valence-electron chi connectivity index (χ4n) is 2.28. The van der Waals surface area contributed by atoms with Gasteiger partial charge in [-0.25, -0.2) is 4.68 Å². The molecule has 0 saturated carbocycles. The Morgan fingerprint density at radius 3 is 2.83 bits per heavy atom. The number of amides is 1. The summed E-state index contributed by atoms with van der Waals surface area (Å²) in [6.07, 6.45) is -0.706. The van der Waals surface area contributed by atoms with Gasteiger partial charge in [0.05, 0.1) is 11.8 Å². The van der Waals surface area contributed by atoms with Crippen molar-refractivity contribution in [3.8, 4) is 5.69 Å². The van der Waals surface area contributed by atoms with E-state index in [0.29, 0.717) is 5.69 Å². The Kier molecular flexibility index (Phi) is 4.55. The van der Waals surface area contributed by atoms with Crippen LogP contribution in [0.3, 0.4) is 0 Å². The van der Waals surface area contributed by atoms with E-state index in [9.17, 15) is 9.90 Å². The molecule has 2 N–H and O–H groups in total. The molecule has 5 nitrogen and oxygen atoms in total. The van der Waals surface area contributed by atoms with Gasteiger partial charge >= 0.3 is 0 Å². The van der Waals surface area contributed by atoms with Gasteiger partial charge in [-0.1, -0.05) is 18.2 Å². The summed E-state index contributed by atoms with van der Waals surface area (Å²) in [7, 11) is 0. The van der Waals surface area contributed by atoms with Gasteiger partial charge in [-0.3, -0.25) is 4.79 Å². The molecule has 0 aliphatic carbocycles. The van der Waals surface area contributed by atoms with E-state index in [1.54, 1.807) is 10.7 Å². The van der Waals surface area contributed by atoms with E-state index >= 15 is 0 Å². The molecule has 3 aromatic rings. The number of nitrogens with zero attached hydrogens (tertiary/aromatic N) is 2. The molecule has 2 heterocycles. The molecule has 2 aromatic heterocycles. The summed E-state index contributed by atoms with van der Waals surface area (Å²) in [5.41, 5.74) is 2.92. The van der Waals surface area contributed by atoms with Crippen LogP contribution in [-0.4, -0.2) is 27.3 Å². The highest BCUT2D eigenvalue weighted by Gasteiger charge is 2.15. The first-order valence-corrected chi connectivity index (χ1v) is 8.20. The molecule has 1 atom stereocenters. The molecule has 0 radical (unpaired) electrons. The number of aromatic nitrogens is 2. The third-order valence-electron chi connectivity index (χ3n) is 3.50. The van der Waals surface area contributed by atoms with E-state index in [4.69, 9.17) is 0 Å². The van der Waals surface area contributed by atoms with Crippen molar-refractivity contribution >= 4 is 17.2 Å². The number of carbonyl (C=O) groups excluding carboxylic acids is 1. The molecule has 1 unspecified atom stereocenters. The first kappa shape index (κ1) is 15.5. The average molecular weight is 327 g/mol. The van der Waals surface area contributed by atoms with Gasteiger partial charge in [0.15, 0.2) is 5.69 Å². The van der Waals surface area contributed by atoms with Crippen LogP contribution in [-0.2, 0) is 0 Å². The van der Waals surface area contributed by atoms with Crippen LogP contribution >= 0.6 is 11.3 Å². The summed E-state index contributed by atoms with van der Waals surface area (Å²) < 4.78 is 1.73. The Morgan fingerprint density at radius 1 is 1.35 bits per heavy atom.